The van der Waals surface area contributed by atoms with E-state index in [2.05, 4.69) is 131 Å². The average molecular weight is 564 g/mol. The lowest BCUT2D eigenvalue weighted by Crippen LogP contribution is -2.38. The minimum atomic E-state index is -0.00115. The molecule has 1 unspecified atom stereocenters. The maximum Gasteiger partial charge on any atom is 0.227 e. The molecule has 1 aliphatic rings. The molecule has 0 radical (unpaired) electrons. The van der Waals surface area contributed by atoms with Gasteiger partial charge in [0.25, 0.3) is 0 Å². The zero-order valence-corrected chi connectivity index (χ0v) is 26.0. The maximum atomic E-state index is 5.04. The van der Waals surface area contributed by atoms with Crippen LogP contribution in [0.3, 0.4) is 0 Å². The molecule has 206 valence electrons. The van der Waals surface area contributed by atoms with Crippen LogP contribution in [0.4, 0.5) is 0 Å². The second kappa shape index (κ2) is 8.49. The quantitative estimate of drug-likeness (QED) is 0.151. The summed E-state index contributed by atoms with van der Waals surface area (Å²) in [6.45, 7) is 18.4. The fourth-order valence-corrected chi connectivity index (χ4v) is 8.17. The first-order valence-electron chi connectivity index (χ1n) is 14.9. The average Bonchev–Trinajstić information content (AvgIpc) is 3.35. The Hall–Kier alpha value is -4.08. The topological polar surface area (TPSA) is 16.8 Å². The summed E-state index contributed by atoms with van der Waals surface area (Å²) < 4.78 is 5.08. The molecule has 0 fully saturated rings. The normalized spacial score (nSPS) is 15.7. The molecule has 0 amide bonds. The molecular formula is C39H35N2S+. The third-order valence-corrected chi connectivity index (χ3v) is 10.4. The molecule has 42 heavy (non-hydrogen) atoms. The van der Waals surface area contributed by atoms with Gasteiger partial charge in [0, 0.05) is 38.0 Å². The summed E-state index contributed by atoms with van der Waals surface area (Å²) in [7, 11) is 0. The van der Waals surface area contributed by atoms with E-state index in [1.807, 2.05) is 11.3 Å². The molecule has 7 aromatic rings. The first kappa shape index (κ1) is 25.6. The maximum absolute atomic E-state index is 5.04. The predicted molar refractivity (Wildman–Crippen MR) is 180 cm³/mol. The van der Waals surface area contributed by atoms with Crippen molar-refractivity contribution in [3.8, 4) is 11.3 Å². The molecule has 1 aliphatic heterocycles. The van der Waals surface area contributed by atoms with Gasteiger partial charge in [-0.05, 0) is 69.3 Å². The van der Waals surface area contributed by atoms with Crippen molar-refractivity contribution in [2.75, 3.05) is 0 Å². The van der Waals surface area contributed by atoms with Crippen molar-refractivity contribution in [3.05, 3.63) is 114 Å². The van der Waals surface area contributed by atoms with Gasteiger partial charge in [0.15, 0.2) is 11.9 Å². The Bertz CT molecular complexity index is 2220. The summed E-state index contributed by atoms with van der Waals surface area (Å²) in [6.07, 6.45) is 4.26. The molecule has 0 bridgehead atoms. The summed E-state index contributed by atoms with van der Waals surface area (Å²) in [5.74, 6) is -0.00115. The number of hydrogen-bond donors (Lipinski definition) is 0. The predicted octanol–water partition coefficient (Wildman–Crippen LogP) is 10.4. The fraction of sp³-hybridized carbons (Fsp3) is 0.231. The Morgan fingerprint density at radius 1 is 0.714 bits per heavy atom. The van der Waals surface area contributed by atoms with Crippen LogP contribution < -0.4 is 4.57 Å². The molecule has 0 saturated heterocycles. The number of benzene rings is 4. The Balaban J connectivity index is 1.47. The zero-order chi connectivity index (χ0) is 29.1. The fourth-order valence-electron chi connectivity index (χ4n) is 7.03. The smallest absolute Gasteiger partial charge is 0.227 e. The summed E-state index contributed by atoms with van der Waals surface area (Å²) in [5.41, 5.74) is 9.80. The Kier molecular flexibility index (Phi) is 5.18. The highest BCUT2D eigenvalue weighted by molar-refractivity contribution is 7.26. The summed E-state index contributed by atoms with van der Waals surface area (Å²) in [5, 5.41) is 6.79. The summed E-state index contributed by atoms with van der Waals surface area (Å²) in [6, 6.07) is 27.4. The minimum Gasteiger partial charge on any atom is -0.256 e. The highest BCUT2D eigenvalue weighted by atomic mass is 32.1. The van der Waals surface area contributed by atoms with Gasteiger partial charge >= 0.3 is 0 Å². The largest absolute Gasteiger partial charge is 0.256 e. The van der Waals surface area contributed by atoms with Crippen molar-refractivity contribution >= 4 is 58.9 Å². The van der Waals surface area contributed by atoms with Crippen LogP contribution in [0.25, 0.3) is 58.8 Å². The first-order chi connectivity index (χ1) is 20.0. The number of pyridine rings is 2. The van der Waals surface area contributed by atoms with Crippen LogP contribution in [-0.4, -0.2) is 4.98 Å². The van der Waals surface area contributed by atoms with Crippen molar-refractivity contribution in [1.29, 1.82) is 0 Å². The molecule has 3 aromatic heterocycles. The van der Waals surface area contributed by atoms with Crippen molar-refractivity contribution in [1.82, 2.24) is 4.98 Å². The highest BCUT2D eigenvalue weighted by Gasteiger charge is 2.38. The van der Waals surface area contributed by atoms with E-state index in [9.17, 15) is 0 Å². The van der Waals surface area contributed by atoms with Crippen LogP contribution in [0.5, 0.6) is 0 Å². The van der Waals surface area contributed by atoms with Crippen LogP contribution in [0.1, 0.15) is 69.7 Å². The van der Waals surface area contributed by atoms with Gasteiger partial charge in [-0.3, -0.25) is 4.98 Å². The van der Waals surface area contributed by atoms with Crippen LogP contribution in [0.2, 0.25) is 0 Å². The van der Waals surface area contributed by atoms with Gasteiger partial charge < -0.3 is 0 Å². The monoisotopic (exact) mass is 563 g/mol. The number of thiophene rings is 1. The zero-order valence-electron chi connectivity index (χ0n) is 25.2. The van der Waals surface area contributed by atoms with E-state index in [-0.39, 0.29) is 16.7 Å². The van der Waals surface area contributed by atoms with Crippen LogP contribution in [0.15, 0.2) is 91.8 Å². The van der Waals surface area contributed by atoms with Gasteiger partial charge in [0.2, 0.25) is 5.52 Å². The van der Waals surface area contributed by atoms with Crippen molar-refractivity contribution < 1.29 is 4.57 Å². The molecular weight excluding hydrogens is 529 g/mol. The summed E-state index contributed by atoms with van der Waals surface area (Å²) in [4.78, 5) is 5.04. The van der Waals surface area contributed by atoms with Crippen molar-refractivity contribution in [2.24, 2.45) is 0 Å². The van der Waals surface area contributed by atoms with Gasteiger partial charge in [-0.25, -0.2) is 0 Å². The van der Waals surface area contributed by atoms with Gasteiger partial charge in [0.05, 0.1) is 22.4 Å². The number of nitrogens with zero attached hydrogens (tertiary/aromatic N) is 2. The van der Waals surface area contributed by atoms with Crippen LogP contribution in [-0.2, 0) is 10.8 Å². The SMILES string of the molecule is C=C1C(c2cc(C(C)(C)C)ccc2-c2ccc(C(C)(C)C)cn2)c2ccc3sc4cccc5c6ccc[n+]1c6c2c3c45. The summed E-state index contributed by atoms with van der Waals surface area (Å²) >= 11 is 1.90. The first-order valence-corrected chi connectivity index (χ1v) is 15.7. The van der Waals surface area contributed by atoms with E-state index in [0.717, 1.165) is 11.4 Å². The standard InChI is InChI=1S/C39H35N2S/c1-22-33(29-20-23(38(2,3)4)13-15-25(29)30-17-14-24(21-40-30)39(5,6)7)28-16-18-32-36-34-26(10-8-12-31(34)42-32)27-11-9-19-41(22)37(27)35(28)36/h8-21,33H,1H2,2-7H3/q+1. The van der Waals surface area contributed by atoms with Crippen molar-refractivity contribution in [2.45, 2.75) is 58.3 Å². The number of fused-ring (bicyclic) bond motifs is 1. The lowest BCUT2D eigenvalue weighted by molar-refractivity contribution is -0.555. The minimum absolute atomic E-state index is 0.00115. The van der Waals surface area contributed by atoms with E-state index >= 15 is 0 Å². The number of aromatic nitrogens is 2. The molecule has 4 heterocycles. The molecule has 2 nitrogen and oxygen atoms in total. The van der Waals surface area contributed by atoms with E-state index < -0.39 is 0 Å². The van der Waals surface area contributed by atoms with Gasteiger partial charge in [-0.1, -0.05) is 84.0 Å². The van der Waals surface area contributed by atoms with E-state index in [1.165, 1.54) is 69.7 Å². The van der Waals surface area contributed by atoms with E-state index in [0.29, 0.717) is 0 Å². The number of allylic oxidation sites excluding steroid dienone is 1. The lowest BCUT2D eigenvalue weighted by Gasteiger charge is -2.28. The molecule has 0 saturated carbocycles. The van der Waals surface area contributed by atoms with Crippen LogP contribution in [0, 0.1) is 0 Å². The molecule has 0 N–H and O–H groups in total. The highest BCUT2D eigenvalue weighted by Crippen LogP contribution is 2.51. The van der Waals surface area contributed by atoms with E-state index in [1.54, 1.807) is 0 Å². The van der Waals surface area contributed by atoms with Gasteiger partial charge in [-0.2, -0.15) is 4.57 Å². The molecule has 3 heteroatoms. The van der Waals surface area contributed by atoms with Crippen molar-refractivity contribution in [3.63, 3.8) is 0 Å². The third kappa shape index (κ3) is 3.50. The van der Waals surface area contributed by atoms with Gasteiger partial charge in [-0.15, -0.1) is 11.3 Å². The molecule has 0 aliphatic carbocycles. The lowest BCUT2D eigenvalue weighted by atomic mass is 9.76. The van der Waals surface area contributed by atoms with E-state index in [4.69, 9.17) is 11.6 Å². The second-order valence-corrected chi connectivity index (χ2v) is 15.1. The second-order valence-electron chi connectivity index (χ2n) is 14.0. The molecule has 8 rings (SSSR count). The Morgan fingerprint density at radius 3 is 2.19 bits per heavy atom. The molecule has 4 aromatic carbocycles. The number of rotatable bonds is 2. The third-order valence-electron chi connectivity index (χ3n) is 9.30. The number of hydrogen-bond acceptors (Lipinski definition) is 2. The molecule has 1 atom stereocenters. The Labute approximate surface area is 251 Å². The Morgan fingerprint density at radius 2 is 1.45 bits per heavy atom. The van der Waals surface area contributed by atoms with Gasteiger partial charge in [0.1, 0.15) is 0 Å². The molecule has 0 spiro atoms. The van der Waals surface area contributed by atoms with Crippen LogP contribution >= 0.6 is 11.3 Å².